The molecule has 1 fully saturated rings. The highest BCUT2D eigenvalue weighted by Gasteiger charge is 2.28. The topological polar surface area (TPSA) is 119 Å². The van der Waals surface area contributed by atoms with E-state index in [9.17, 15) is 23.3 Å². The fraction of sp³-hybridized carbons (Fsp3) is 0.316. The van der Waals surface area contributed by atoms with E-state index in [2.05, 4.69) is 5.32 Å². The van der Waals surface area contributed by atoms with Crippen LogP contribution in [0.4, 0.5) is 11.4 Å². The lowest BCUT2D eigenvalue weighted by Gasteiger charge is -2.24. The van der Waals surface area contributed by atoms with Crippen LogP contribution in [0.15, 0.2) is 59.5 Å². The molecule has 1 saturated heterocycles. The summed E-state index contributed by atoms with van der Waals surface area (Å²) in [4.78, 5) is 23.0. The number of non-ortho nitro benzene ring substituents is 1. The van der Waals surface area contributed by atoms with E-state index in [4.69, 9.17) is 4.74 Å². The van der Waals surface area contributed by atoms with Crippen LogP contribution in [0.25, 0.3) is 0 Å². The summed E-state index contributed by atoms with van der Waals surface area (Å²) in [6, 6.07) is 12.8. The molecule has 3 rings (SSSR count). The summed E-state index contributed by atoms with van der Waals surface area (Å²) >= 11 is 0. The smallest absolute Gasteiger partial charge is 0.271 e. The molecule has 1 aliphatic heterocycles. The summed E-state index contributed by atoms with van der Waals surface area (Å²) in [5.41, 5.74) is -0.231. The van der Waals surface area contributed by atoms with Crippen molar-refractivity contribution in [3.8, 4) is 0 Å². The maximum atomic E-state index is 13.2. The number of benzene rings is 2. The SMILES string of the molecule is O=C(CN(c1cccc([N+](=O)[O-])c1)S(=O)(=O)c1ccccc1)NC[C@@H]1CCCO1. The van der Waals surface area contributed by atoms with Crippen molar-refractivity contribution in [3.63, 3.8) is 0 Å². The summed E-state index contributed by atoms with van der Waals surface area (Å²) in [7, 11) is -4.11. The van der Waals surface area contributed by atoms with Crippen LogP contribution in [0.5, 0.6) is 0 Å². The van der Waals surface area contributed by atoms with Crippen LogP contribution >= 0.6 is 0 Å². The second kappa shape index (κ2) is 9.01. The molecule has 2 aromatic rings. The minimum atomic E-state index is -4.11. The van der Waals surface area contributed by atoms with Gasteiger partial charge in [0, 0.05) is 25.3 Å². The van der Waals surface area contributed by atoms with E-state index in [1.807, 2.05) is 0 Å². The van der Waals surface area contributed by atoms with E-state index < -0.39 is 27.4 Å². The molecule has 0 aromatic heterocycles. The number of nitro groups is 1. The Morgan fingerprint density at radius 1 is 1.21 bits per heavy atom. The van der Waals surface area contributed by atoms with Gasteiger partial charge in [0.2, 0.25) is 5.91 Å². The number of ether oxygens (including phenoxy) is 1. The number of sulfonamides is 1. The molecule has 0 bridgehead atoms. The molecule has 0 spiro atoms. The van der Waals surface area contributed by atoms with Crippen molar-refractivity contribution in [1.82, 2.24) is 5.32 Å². The predicted octanol–water partition coefficient (Wildman–Crippen LogP) is 2.09. The standard InChI is InChI=1S/C19H21N3O6S/c23-19(20-13-17-8-5-11-28-17)14-21(15-6-4-7-16(12-15)22(24)25)29(26,27)18-9-2-1-3-10-18/h1-4,6-7,9-10,12,17H,5,8,11,13-14H2,(H,20,23)/t17-/m0/s1. The number of nitro benzene ring substituents is 1. The van der Waals surface area contributed by atoms with E-state index in [0.717, 1.165) is 23.2 Å². The van der Waals surface area contributed by atoms with Crippen LogP contribution in [0.1, 0.15) is 12.8 Å². The first-order valence-electron chi connectivity index (χ1n) is 9.08. The van der Waals surface area contributed by atoms with Gasteiger partial charge in [-0.3, -0.25) is 19.2 Å². The highest BCUT2D eigenvalue weighted by molar-refractivity contribution is 7.92. The molecule has 0 saturated carbocycles. The fourth-order valence-electron chi connectivity index (χ4n) is 3.02. The van der Waals surface area contributed by atoms with Crippen LogP contribution in [-0.2, 0) is 19.6 Å². The third kappa shape index (κ3) is 5.09. The summed E-state index contributed by atoms with van der Waals surface area (Å²) in [6.07, 6.45) is 1.66. The Morgan fingerprint density at radius 3 is 2.62 bits per heavy atom. The van der Waals surface area contributed by atoms with Crippen molar-refractivity contribution in [2.45, 2.75) is 23.8 Å². The Labute approximate surface area is 168 Å². The van der Waals surface area contributed by atoms with Crippen molar-refractivity contribution < 1.29 is 22.9 Å². The zero-order valence-electron chi connectivity index (χ0n) is 15.6. The highest BCUT2D eigenvalue weighted by Crippen LogP contribution is 2.26. The molecule has 1 amide bonds. The van der Waals surface area contributed by atoms with Gasteiger partial charge >= 0.3 is 0 Å². The Hall–Kier alpha value is -2.98. The first kappa shape index (κ1) is 20.7. The van der Waals surface area contributed by atoms with Crippen molar-refractivity contribution in [1.29, 1.82) is 0 Å². The number of hydrogen-bond donors (Lipinski definition) is 1. The third-order valence-electron chi connectivity index (χ3n) is 4.50. The third-order valence-corrected chi connectivity index (χ3v) is 6.29. The monoisotopic (exact) mass is 419 g/mol. The van der Waals surface area contributed by atoms with Crippen molar-refractivity contribution in [2.24, 2.45) is 0 Å². The molecule has 1 aliphatic rings. The summed E-state index contributed by atoms with van der Waals surface area (Å²) in [6.45, 7) is 0.418. The largest absolute Gasteiger partial charge is 0.376 e. The van der Waals surface area contributed by atoms with Gasteiger partial charge in [-0.25, -0.2) is 8.42 Å². The lowest BCUT2D eigenvalue weighted by molar-refractivity contribution is -0.384. The van der Waals surface area contributed by atoms with Crippen molar-refractivity contribution >= 4 is 27.3 Å². The van der Waals surface area contributed by atoms with Gasteiger partial charge in [-0.1, -0.05) is 24.3 Å². The molecule has 9 nitrogen and oxygen atoms in total. The van der Waals surface area contributed by atoms with Crippen LogP contribution < -0.4 is 9.62 Å². The van der Waals surface area contributed by atoms with Gasteiger partial charge in [0.15, 0.2) is 0 Å². The zero-order valence-corrected chi connectivity index (χ0v) is 16.4. The van der Waals surface area contributed by atoms with Gasteiger partial charge in [-0.2, -0.15) is 0 Å². The van der Waals surface area contributed by atoms with E-state index in [-0.39, 0.29) is 28.9 Å². The van der Waals surface area contributed by atoms with E-state index in [1.54, 1.807) is 18.2 Å². The number of carbonyl (C=O) groups is 1. The van der Waals surface area contributed by atoms with Crippen molar-refractivity contribution in [2.75, 3.05) is 24.0 Å². The minimum absolute atomic E-state index is 0.0153. The molecule has 2 aromatic carbocycles. The number of carbonyl (C=O) groups excluding carboxylic acids is 1. The molecule has 1 heterocycles. The number of hydrogen-bond acceptors (Lipinski definition) is 6. The van der Waals surface area contributed by atoms with Gasteiger partial charge in [0.05, 0.1) is 21.6 Å². The van der Waals surface area contributed by atoms with Crippen LogP contribution in [0.2, 0.25) is 0 Å². The molecule has 29 heavy (non-hydrogen) atoms. The lowest BCUT2D eigenvalue weighted by Crippen LogP contribution is -2.42. The predicted molar refractivity (Wildman–Crippen MR) is 106 cm³/mol. The normalized spacial score (nSPS) is 16.3. The molecule has 0 aliphatic carbocycles. The maximum absolute atomic E-state index is 13.2. The van der Waals surface area contributed by atoms with E-state index in [0.29, 0.717) is 6.61 Å². The maximum Gasteiger partial charge on any atom is 0.271 e. The highest BCUT2D eigenvalue weighted by atomic mass is 32.2. The fourth-order valence-corrected chi connectivity index (χ4v) is 4.45. The Morgan fingerprint density at radius 2 is 1.97 bits per heavy atom. The van der Waals surface area contributed by atoms with Gasteiger partial charge in [-0.15, -0.1) is 0 Å². The average Bonchev–Trinajstić information content (AvgIpc) is 3.25. The molecule has 0 unspecified atom stereocenters. The zero-order chi connectivity index (χ0) is 20.9. The average molecular weight is 419 g/mol. The first-order chi connectivity index (χ1) is 13.9. The second-order valence-electron chi connectivity index (χ2n) is 6.54. The molecule has 1 N–H and O–H groups in total. The molecule has 0 radical (unpaired) electrons. The molecule has 10 heteroatoms. The summed E-state index contributed by atoms with van der Waals surface area (Å²) in [5, 5.41) is 13.8. The minimum Gasteiger partial charge on any atom is -0.376 e. The summed E-state index contributed by atoms with van der Waals surface area (Å²) < 4.78 is 32.6. The van der Waals surface area contributed by atoms with Gasteiger partial charge < -0.3 is 10.1 Å². The number of anilines is 1. The number of rotatable bonds is 8. The number of amides is 1. The Kier molecular flexibility index (Phi) is 6.45. The van der Waals surface area contributed by atoms with Crippen molar-refractivity contribution in [3.05, 3.63) is 64.7 Å². The number of nitrogens with zero attached hydrogens (tertiary/aromatic N) is 2. The van der Waals surface area contributed by atoms with Gasteiger partial charge in [0.25, 0.3) is 15.7 Å². The van der Waals surface area contributed by atoms with Crippen LogP contribution in [-0.4, -0.2) is 45.0 Å². The second-order valence-corrected chi connectivity index (χ2v) is 8.40. The molecule has 1 atom stereocenters. The molecular weight excluding hydrogens is 398 g/mol. The van der Waals surface area contributed by atoms with Crippen LogP contribution in [0.3, 0.4) is 0 Å². The van der Waals surface area contributed by atoms with Gasteiger partial charge in [-0.05, 0) is 31.0 Å². The summed E-state index contributed by atoms with van der Waals surface area (Å²) in [5.74, 6) is -0.522. The molecule has 154 valence electrons. The lowest BCUT2D eigenvalue weighted by atomic mass is 10.2. The van der Waals surface area contributed by atoms with E-state index in [1.165, 1.54) is 30.3 Å². The quantitative estimate of drug-likeness (QED) is 0.517. The Balaban J connectivity index is 1.88. The van der Waals surface area contributed by atoms with Crippen LogP contribution in [0, 0.1) is 10.1 Å². The first-order valence-corrected chi connectivity index (χ1v) is 10.5. The van der Waals surface area contributed by atoms with Gasteiger partial charge in [0.1, 0.15) is 6.54 Å². The molecular formula is C19H21N3O6S. The number of nitrogens with one attached hydrogen (secondary N) is 1. The van der Waals surface area contributed by atoms with E-state index >= 15 is 0 Å². The Bertz CT molecular complexity index is 974.